The van der Waals surface area contributed by atoms with E-state index in [1.54, 1.807) is 22.7 Å². The standard InChI is InChI=1S/C23H23N3O2S2/c1-15-24-22(18-13-21(30-23(18)25-15)16-6-3-2-4-7-16)26-9-10-28-14-17(26)12-19(27)20-8-5-11-29-20/h2-8,11,13,17,19,27H,9-10,12,14H2,1H3. The van der Waals surface area contributed by atoms with Gasteiger partial charge in [-0.1, -0.05) is 36.4 Å². The highest BCUT2D eigenvalue weighted by atomic mass is 32.1. The summed E-state index contributed by atoms with van der Waals surface area (Å²) in [5, 5.41) is 13.8. The highest BCUT2D eigenvalue weighted by Gasteiger charge is 2.29. The fourth-order valence-electron chi connectivity index (χ4n) is 3.96. The normalized spacial score (nSPS) is 18.1. The van der Waals surface area contributed by atoms with Crippen molar-refractivity contribution < 1.29 is 9.84 Å². The molecular formula is C23H23N3O2S2. The van der Waals surface area contributed by atoms with Crippen molar-refractivity contribution in [1.29, 1.82) is 0 Å². The van der Waals surface area contributed by atoms with Crippen molar-refractivity contribution >= 4 is 38.7 Å². The summed E-state index contributed by atoms with van der Waals surface area (Å²) < 4.78 is 5.78. The van der Waals surface area contributed by atoms with Crippen LogP contribution in [0.25, 0.3) is 20.7 Å². The molecule has 4 aromatic rings. The fraction of sp³-hybridized carbons (Fsp3) is 0.304. The Morgan fingerprint density at radius 2 is 2.07 bits per heavy atom. The monoisotopic (exact) mass is 437 g/mol. The maximum atomic E-state index is 10.7. The van der Waals surface area contributed by atoms with Crippen molar-refractivity contribution in [2.45, 2.75) is 25.5 Å². The number of thiophene rings is 2. The molecule has 154 valence electrons. The lowest BCUT2D eigenvalue weighted by atomic mass is 10.1. The minimum Gasteiger partial charge on any atom is -0.387 e. The number of hydrogen-bond donors (Lipinski definition) is 1. The summed E-state index contributed by atoms with van der Waals surface area (Å²) in [6.45, 7) is 3.94. The first-order chi connectivity index (χ1) is 14.7. The molecule has 1 fully saturated rings. The first kappa shape index (κ1) is 19.6. The highest BCUT2D eigenvalue weighted by molar-refractivity contribution is 7.21. The Balaban J connectivity index is 1.52. The number of hydrogen-bond acceptors (Lipinski definition) is 7. The molecule has 2 unspecified atom stereocenters. The summed E-state index contributed by atoms with van der Waals surface area (Å²) in [5.41, 5.74) is 1.19. The van der Waals surface area contributed by atoms with E-state index in [0.717, 1.165) is 33.3 Å². The molecule has 30 heavy (non-hydrogen) atoms. The number of aliphatic hydroxyl groups excluding tert-OH is 1. The third kappa shape index (κ3) is 3.86. The molecule has 0 amide bonds. The molecule has 0 radical (unpaired) electrons. The maximum Gasteiger partial charge on any atom is 0.141 e. The van der Waals surface area contributed by atoms with Gasteiger partial charge in [-0.3, -0.25) is 0 Å². The molecule has 0 aliphatic carbocycles. The van der Waals surface area contributed by atoms with Crippen molar-refractivity contribution in [3.63, 3.8) is 0 Å². The molecule has 1 saturated heterocycles. The van der Waals surface area contributed by atoms with E-state index >= 15 is 0 Å². The molecular weight excluding hydrogens is 414 g/mol. The molecule has 1 aliphatic rings. The summed E-state index contributed by atoms with van der Waals surface area (Å²) >= 11 is 3.29. The molecule has 0 spiro atoms. The fourth-order valence-corrected chi connectivity index (χ4v) is 5.76. The Morgan fingerprint density at radius 1 is 1.20 bits per heavy atom. The molecule has 3 aromatic heterocycles. The number of benzene rings is 1. The molecule has 7 heteroatoms. The van der Waals surface area contributed by atoms with Gasteiger partial charge in [0.1, 0.15) is 16.5 Å². The lowest BCUT2D eigenvalue weighted by Gasteiger charge is -2.37. The summed E-state index contributed by atoms with van der Waals surface area (Å²) in [6.07, 6.45) is 0.112. The highest BCUT2D eigenvalue weighted by Crippen LogP contribution is 2.38. The zero-order valence-electron chi connectivity index (χ0n) is 16.7. The smallest absolute Gasteiger partial charge is 0.141 e. The van der Waals surface area contributed by atoms with Crippen LogP contribution in [0.15, 0.2) is 53.9 Å². The van der Waals surface area contributed by atoms with Gasteiger partial charge in [0.05, 0.1) is 30.7 Å². The molecule has 5 rings (SSSR count). The zero-order chi connectivity index (χ0) is 20.5. The number of rotatable bonds is 5. The second-order valence-corrected chi connectivity index (χ2v) is 9.49. The van der Waals surface area contributed by atoms with Gasteiger partial charge in [-0.05, 0) is 30.0 Å². The van der Waals surface area contributed by atoms with Gasteiger partial charge in [0, 0.05) is 22.7 Å². The van der Waals surface area contributed by atoms with Crippen LogP contribution < -0.4 is 4.90 Å². The number of morpholine rings is 1. The molecule has 1 aliphatic heterocycles. The Hall–Kier alpha value is -2.32. The number of nitrogens with zero attached hydrogens (tertiary/aromatic N) is 3. The molecule has 4 heterocycles. The summed E-state index contributed by atoms with van der Waals surface area (Å²) in [6, 6.07) is 16.6. The van der Waals surface area contributed by atoms with E-state index in [9.17, 15) is 5.11 Å². The maximum absolute atomic E-state index is 10.7. The largest absolute Gasteiger partial charge is 0.387 e. The minimum absolute atomic E-state index is 0.0634. The van der Waals surface area contributed by atoms with Crippen LogP contribution in [0.3, 0.4) is 0 Å². The van der Waals surface area contributed by atoms with E-state index in [1.807, 2.05) is 30.5 Å². The number of ether oxygens (including phenoxy) is 1. The van der Waals surface area contributed by atoms with Crippen LogP contribution in [-0.4, -0.2) is 40.9 Å². The van der Waals surface area contributed by atoms with E-state index in [-0.39, 0.29) is 6.04 Å². The van der Waals surface area contributed by atoms with Gasteiger partial charge in [-0.2, -0.15) is 0 Å². The average Bonchev–Trinajstić information content (AvgIpc) is 3.44. The number of aliphatic hydroxyl groups is 1. The molecule has 1 N–H and O–H groups in total. The average molecular weight is 438 g/mol. The molecule has 1 aromatic carbocycles. The Bertz CT molecular complexity index is 1130. The van der Waals surface area contributed by atoms with Gasteiger partial charge in [-0.15, -0.1) is 22.7 Å². The topological polar surface area (TPSA) is 58.5 Å². The van der Waals surface area contributed by atoms with Crippen LogP contribution in [-0.2, 0) is 4.74 Å². The second-order valence-electron chi connectivity index (χ2n) is 7.48. The quantitative estimate of drug-likeness (QED) is 0.473. The van der Waals surface area contributed by atoms with Crippen LogP contribution in [0, 0.1) is 6.92 Å². The van der Waals surface area contributed by atoms with Gasteiger partial charge in [0.2, 0.25) is 0 Å². The third-order valence-electron chi connectivity index (χ3n) is 5.41. The molecule has 5 nitrogen and oxygen atoms in total. The van der Waals surface area contributed by atoms with E-state index in [2.05, 4.69) is 35.2 Å². The summed E-state index contributed by atoms with van der Waals surface area (Å²) in [7, 11) is 0. The Morgan fingerprint density at radius 3 is 2.87 bits per heavy atom. The predicted octanol–water partition coefficient (Wildman–Crippen LogP) is 5.06. The van der Waals surface area contributed by atoms with Gasteiger partial charge in [-0.25, -0.2) is 9.97 Å². The van der Waals surface area contributed by atoms with Crippen LogP contribution >= 0.6 is 22.7 Å². The summed E-state index contributed by atoms with van der Waals surface area (Å²) in [5.74, 6) is 1.71. The third-order valence-corrected chi connectivity index (χ3v) is 7.46. The van der Waals surface area contributed by atoms with E-state index < -0.39 is 6.10 Å². The summed E-state index contributed by atoms with van der Waals surface area (Å²) in [4.78, 5) is 15.0. The Kier molecular flexibility index (Phi) is 5.52. The van der Waals surface area contributed by atoms with Crippen LogP contribution in [0.5, 0.6) is 0 Å². The van der Waals surface area contributed by atoms with E-state index in [1.165, 1.54) is 10.4 Å². The van der Waals surface area contributed by atoms with E-state index in [0.29, 0.717) is 19.6 Å². The number of aromatic nitrogens is 2. The van der Waals surface area contributed by atoms with Gasteiger partial charge in [0.25, 0.3) is 0 Å². The van der Waals surface area contributed by atoms with Crippen LogP contribution in [0.2, 0.25) is 0 Å². The lowest BCUT2D eigenvalue weighted by Crippen LogP contribution is -2.46. The molecule has 0 saturated carbocycles. The predicted molar refractivity (Wildman–Crippen MR) is 123 cm³/mol. The van der Waals surface area contributed by atoms with E-state index in [4.69, 9.17) is 14.7 Å². The van der Waals surface area contributed by atoms with Gasteiger partial charge in [0.15, 0.2) is 0 Å². The van der Waals surface area contributed by atoms with Crippen molar-refractivity contribution in [2.75, 3.05) is 24.7 Å². The number of anilines is 1. The zero-order valence-corrected chi connectivity index (χ0v) is 18.3. The second kappa shape index (κ2) is 8.43. The minimum atomic E-state index is -0.500. The molecule has 2 atom stereocenters. The Labute approximate surface area is 183 Å². The van der Waals surface area contributed by atoms with Crippen molar-refractivity contribution in [2.24, 2.45) is 0 Å². The van der Waals surface area contributed by atoms with Crippen molar-refractivity contribution in [3.8, 4) is 10.4 Å². The molecule has 0 bridgehead atoms. The first-order valence-corrected chi connectivity index (χ1v) is 11.8. The van der Waals surface area contributed by atoms with Gasteiger partial charge < -0.3 is 14.7 Å². The lowest BCUT2D eigenvalue weighted by molar-refractivity contribution is 0.0686. The first-order valence-electron chi connectivity index (χ1n) is 10.1. The number of fused-ring (bicyclic) bond motifs is 1. The van der Waals surface area contributed by atoms with Crippen LogP contribution in [0.4, 0.5) is 5.82 Å². The number of aryl methyl sites for hydroxylation is 1. The van der Waals surface area contributed by atoms with Crippen LogP contribution in [0.1, 0.15) is 23.2 Å². The van der Waals surface area contributed by atoms with Crippen molar-refractivity contribution in [3.05, 3.63) is 64.6 Å². The SMILES string of the molecule is Cc1nc(N2CCOCC2CC(O)c2cccs2)c2cc(-c3ccccc3)sc2n1. The van der Waals surface area contributed by atoms with Gasteiger partial charge >= 0.3 is 0 Å². The van der Waals surface area contributed by atoms with Crippen molar-refractivity contribution in [1.82, 2.24) is 9.97 Å².